The van der Waals surface area contributed by atoms with Crippen molar-refractivity contribution in [3.8, 4) is 0 Å². The van der Waals surface area contributed by atoms with Gasteiger partial charge in [0.15, 0.2) is 0 Å². The first-order valence-electron chi connectivity index (χ1n) is 10.3. The van der Waals surface area contributed by atoms with Gasteiger partial charge < -0.3 is 9.47 Å². The molecule has 0 fully saturated rings. The second kappa shape index (κ2) is 11.8. The maximum absolute atomic E-state index is 12.3. The van der Waals surface area contributed by atoms with E-state index >= 15 is 0 Å². The number of carbonyl (C=O) groups excluding carboxylic acids is 2. The van der Waals surface area contributed by atoms with E-state index in [1.807, 2.05) is 6.92 Å². The molecule has 0 amide bonds. The lowest BCUT2D eigenvalue weighted by Crippen LogP contribution is -2.31. The molecule has 0 saturated carbocycles. The van der Waals surface area contributed by atoms with Crippen molar-refractivity contribution in [2.24, 2.45) is 5.41 Å². The first-order chi connectivity index (χ1) is 12.8. The molecule has 1 unspecified atom stereocenters. The van der Waals surface area contributed by atoms with E-state index < -0.39 is 0 Å². The average Bonchev–Trinajstić information content (AvgIpc) is 2.64. The summed E-state index contributed by atoms with van der Waals surface area (Å²) < 4.78 is 10.9. The number of hydrogen-bond acceptors (Lipinski definition) is 4. The molecule has 4 nitrogen and oxygen atoms in total. The summed E-state index contributed by atoms with van der Waals surface area (Å²) in [6, 6.07) is 6.49. The Morgan fingerprint density at radius 2 is 1.37 bits per heavy atom. The fourth-order valence-corrected chi connectivity index (χ4v) is 2.94. The maximum atomic E-state index is 12.3. The van der Waals surface area contributed by atoms with Gasteiger partial charge in [-0.15, -0.1) is 0 Å². The summed E-state index contributed by atoms with van der Waals surface area (Å²) in [5.41, 5.74) is 0.801. The summed E-state index contributed by atoms with van der Waals surface area (Å²) in [6.45, 7) is 10.8. The van der Waals surface area contributed by atoms with Crippen LogP contribution >= 0.6 is 0 Å². The van der Waals surface area contributed by atoms with Crippen molar-refractivity contribution in [3.63, 3.8) is 0 Å². The van der Waals surface area contributed by atoms with E-state index in [2.05, 4.69) is 27.7 Å². The monoisotopic (exact) mass is 376 g/mol. The van der Waals surface area contributed by atoms with Crippen LogP contribution in [-0.2, 0) is 9.47 Å². The number of benzene rings is 1. The van der Waals surface area contributed by atoms with Gasteiger partial charge in [0.2, 0.25) is 0 Å². The van der Waals surface area contributed by atoms with Gasteiger partial charge in [-0.25, -0.2) is 9.59 Å². The number of rotatable bonds is 11. The van der Waals surface area contributed by atoms with E-state index in [1.54, 1.807) is 24.3 Å². The summed E-state index contributed by atoms with van der Waals surface area (Å²) >= 11 is 0. The highest BCUT2D eigenvalue weighted by Crippen LogP contribution is 2.25. The Hall–Kier alpha value is -1.84. The average molecular weight is 377 g/mol. The molecule has 1 rings (SSSR count). The number of ether oxygens (including phenoxy) is 2. The van der Waals surface area contributed by atoms with Gasteiger partial charge in [-0.2, -0.15) is 0 Å². The van der Waals surface area contributed by atoms with Crippen LogP contribution in [-0.4, -0.2) is 24.6 Å². The van der Waals surface area contributed by atoms with Crippen LogP contribution in [0.25, 0.3) is 0 Å². The van der Waals surface area contributed by atoms with Crippen LogP contribution in [0.15, 0.2) is 24.3 Å². The number of carbonyl (C=O) groups is 2. The molecule has 27 heavy (non-hydrogen) atoms. The lowest BCUT2D eigenvalue weighted by atomic mass is 9.87. The Morgan fingerprint density at radius 1 is 0.852 bits per heavy atom. The van der Waals surface area contributed by atoms with Gasteiger partial charge in [0.25, 0.3) is 0 Å². The molecule has 0 aliphatic heterocycles. The highest BCUT2D eigenvalue weighted by atomic mass is 16.5. The summed E-state index contributed by atoms with van der Waals surface area (Å²) in [4.78, 5) is 24.4. The number of hydrogen-bond donors (Lipinski definition) is 0. The molecule has 0 saturated heterocycles. The van der Waals surface area contributed by atoms with E-state index in [4.69, 9.17) is 9.47 Å². The molecule has 0 heterocycles. The Bertz CT molecular complexity index is 569. The van der Waals surface area contributed by atoms with Gasteiger partial charge in [0, 0.05) is 0 Å². The van der Waals surface area contributed by atoms with Gasteiger partial charge in [-0.1, -0.05) is 66.7 Å². The van der Waals surface area contributed by atoms with Crippen molar-refractivity contribution in [2.75, 3.05) is 6.61 Å². The van der Waals surface area contributed by atoms with Crippen LogP contribution in [0.3, 0.4) is 0 Å². The third-order valence-electron chi connectivity index (χ3n) is 4.67. The van der Waals surface area contributed by atoms with Gasteiger partial charge in [-0.05, 0) is 42.5 Å². The van der Waals surface area contributed by atoms with Crippen LogP contribution in [0.4, 0.5) is 0 Å². The SMILES string of the molecule is CCCCCCCCOC(=O)c1ccc(C(=O)OC(CC)C(C)(C)C)cc1. The summed E-state index contributed by atoms with van der Waals surface area (Å²) in [5, 5.41) is 0. The molecule has 0 aromatic heterocycles. The first-order valence-corrected chi connectivity index (χ1v) is 10.3. The van der Waals surface area contributed by atoms with E-state index in [-0.39, 0.29) is 23.5 Å². The molecule has 0 bridgehead atoms. The molecule has 0 aliphatic carbocycles. The zero-order valence-corrected chi connectivity index (χ0v) is 17.7. The third kappa shape index (κ3) is 8.59. The molecule has 1 aromatic carbocycles. The minimum absolute atomic E-state index is 0.106. The standard InChI is InChI=1S/C23H36O4/c1-6-8-9-10-11-12-17-26-21(24)18-13-15-19(16-14-18)22(25)27-20(7-2)23(3,4)5/h13-16,20H,6-12,17H2,1-5H3. The third-order valence-corrected chi connectivity index (χ3v) is 4.67. The highest BCUT2D eigenvalue weighted by Gasteiger charge is 2.27. The van der Waals surface area contributed by atoms with Crippen LogP contribution in [0.1, 0.15) is 100 Å². The highest BCUT2D eigenvalue weighted by molar-refractivity contribution is 5.93. The number of esters is 2. The lowest BCUT2D eigenvalue weighted by Gasteiger charge is -2.29. The van der Waals surface area contributed by atoms with Crippen LogP contribution in [0.5, 0.6) is 0 Å². The quantitative estimate of drug-likeness (QED) is 0.341. The van der Waals surface area contributed by atoms with Crippen molar-refractivity contribution in [3.05, 3.63) is 35.4 Å². The molecule has 1 atom stereocenters. The van der Waals surface area contributed by atoms with Crippen LogP contribution < -0.4 is 0 Å². The molecular weight excluding hydrogens is 340 g/mol. The largest absolute Gasteiger partial charge is 0.462 e. The predicted molar refractivity (Wildman–Crippen MR) is 109 cm³/mol. The van der Waals surface area contributed by atoms with Crippen molar-refractivity contribution in [2.45, 2.75) is 85.7 Å². The van der Waals surface area contributed by atoms with Crippen molar-refractivity contribution >= 4 is 11.9 Å². The molecule has 1 aromatic rings. The molecule has 0 N–H and O–H groups in total. The Balaban J connectivity index is 2.46. The van der Waals surface area contributed by atoms with Crippen molar-refractivity contribution in [1.29, 1.82) is 0 Å². The number of unbranched alkanes of at least 4 members (excludes halogenated alkanes) is 5. The molecule has 0 aliphatic rings. The van der Waals surface area contributed by atoms with E-state index in [0.29, 0.717) is 17.7 Å². The summed E-state index contributed by atoms with van der Waals surface area (Å²) in [6.07, 6.45) is 7.53. The fourth-order valence-electron chi connectivity index (χ4n) is 2.94. The zero-order valence-electron chi connectivity index (χ0n) is 17.7. The predicted octanol–water partition coefficient (Wildman–Crippen LogP) is 6.19. The van der Waals surface area contributed by atoms with Gasteiger partial charge in [0.1, 0.15) is 6.10 Å². The van der Waals surface area contributed by atoms with Gasteiger partial charge >= 0.3 is 11.9 Å². The molecule has 0 spiro atoms. The Kier molecular flexibility index (Phi) is 10.1. The van der Waals surface area contributed by atoms with Gasteiger partial charge in [0.05, 0.1) is 17.7 Å². The van der Waals surface area contributed by atoms with E-state index in [0.717, 1.165) is 19.3 Å². The maximum Gasteiger partial charge on any atom is 0.338 e. The van der Waals surface area contributed by atoms with E-state index in [9.17, 15) is 9.59 Å². The minimum Gasteiger partial charge on any atom is -0.462 e. The molecule has 0 radical (unpaired) electrons. The zero-order chi connectivity index (χ0) is 20.3. The second-order valence-corrected chi connectivity index (χ2v) is 8.15. The summed E-state index contributed by atoms with van der Waals surface area (Å²) in [5.74, 6) is -0.701. The molecular formula is C23H36O4. The molecule has 4 heteroatoms. The lowest BCUT2D eigenvalue weighted by molar-refractivity contribution is -0.00406. The topological polar surface area (TPSA) is 52.6 Å². The van der Waals surface area contributed by atoms with Crippen LogP contribution in [0, 0.1) is 5.41 Å². The fraction of sp³-hybridized carbons (Fsp3) is 0.652. The van der Waals surface area contributed by atoms with Crippen LogP contribution in [0.2, 0.25) is 0 Å². The van der Waals surface area contributed by atoms with Gasteiger partial charge in [-0.3, -0.25) is 0 Å². The molecule has 152 valence electrons. The minimum atomic E-state index is -0.358. The van der Waals surface area contributed by atoms with Crippen molar-refractivity contribution < 1.29 is 19.1 Å². The van der Waals surface area contributed by atoms with E-state index in [1.165, 1.54) is 25.7 Å². The van der Waals surface area contributed by atoms with Crippen molar-refractivity contribution in [1.82, 2.24) is 0 Å². The Morgan fingerprint density at radius 3 is 1.89 bits per heavy atom. The second-order valence-electron chi connectivity index (χ2n) is 8.15. The smallest absolute Gasteiger partial charge is 0.338 e. The Labute approximate surface area is 164 Å². The first kappa shape index (κ1) is 23.2. The normalized spacial score (nSPS) is 12.5. The summed E-state index contributed by atoms with van der Waals surface area (Å²) in [7, 11) is 0.